The van der Waals surface area contributed by atoms with Crippen molar-refractivity contribution in [1.29, 1.82) is 0 Å². The van der Waals surface area contributed by atoms with E-state index in [4.69, 9.17) is 15.6 Å². The summed E-state index contributed by atoms with van der Waals surface area (Å²) in [7, 11) is -3.72. The SMILES string of the molecule is NC(=O)C1Cc2ccccc2CN1CCOc1ccc(S(N)(=O)=O)cc1. The maximum Gasteiger partial charge on any atom is 0.238 e. The number of ether oxygens (including phenoxy) is 1. The number of primary amides is 1. The van der Waals surface area contributed by atoms with Crippen LogP contribution >= 0.6 is 0 Å². The van der Waals surface area contributed by atoms with Crippen molar-refractivity contribution in [2.45, 2.75) is 23.9 Å². The summed E-state index contributed by atoms with van der Waals surface area (Å²) < 4.78 is 28.2. The lowest BCUT2D eigenvalue weighted by molar-refractivity contribution is -0.123. The summed E-state index contributed by atoms with van der Waals surface area (Å²) in [5.41, 5.74) is 7.89. The molecular formula is C18H21N3O4S. The molecule has 7 nitrogen and oxygen atoms in total. The topological polar surface area (TPSA) is 116 Å². The van der Waals surface area contributed by atoms with Crippen LogP contribution in [0.4, 0.5) is 0 Å². The van der Waals surface area contributed by atoms with Gasteiger partial charge in [0.2, 0.25) is 15.9 Å². The number of carbonyl (C=O) groups excluding carboxylic acids is 1. The molecule has 1 aliphatic rings. The molecule has 0 fully saturated rings. The van der Waals surface area contributed by atoms with E-state index in [1.165, 1.54) is 17.7 Å². The van der Waals surface area contributed by atoms with E-state index >= 15 is 0 Å². The zero-order chi connectivity index (χ0) is 18.7. The van der Waals surface area contributed by atoms with Gasteiger partial charge in [-0.1, -0.05) is 24.3 Å². The maximum absolute atomic E-state index is 11.8. The minimum absolute atomic E-state index is 0.0336. The predicted molar refractivity (Wildman–Crippen MR) is 96.8 cm³/mol. The molecule has 0 spiro atoms. The molecule has 2 aromatic carbocycles. The van der Waals surface area contributed by atoms with Crippen molar-refractivity contribution in [2.75, 3.05) is 13.2 Å². The first-order valence-corrected chi connectivity index (χ1v) is 9.75. The molecule has 1 heterocycles. The van der Waals surface area contributed by atoms with Gasteiger partial charge in [-0.2, -0.15) is 0 Å². The fourth-order valence-electron chi connectivity index (χ4n) is 3.10. The van der Waals surface area contributed by atoms with Gasteiger partial charge in [0.05, 0.1) is 10.9 Å². The number of primary sulfonamides is 1. The third-order valence-corrected chi connectivity index (χ3v) is 5.40. The monoisotopic (exact) mass is 375 g/mol. The van der Waals surface area contributed by atoms with Gasteiger partial charge in [0.1, 0.15) is 12.4 Å². The van der Waals surface area contributed by atoms with Crippen LogP contribution in [0.15, 0.2) is 53.4 Å². The Kier molecular flexibility index (Phi) is 5.26. The molecule has 0 saturated carbocycles. The normalized spacial score (nSPS) is 17.5. The van der Waals surface area contributed by atoms with Gasteiger partial charge < -0.3 is 10.5 Å². The third kappa shape index (κ3) is 4.21. The standard InChI is InChI=1S/C18H21N3O4S/c19-18(22)17-11-13-3-1-2-4-14(13)12-21(17)9-10-25-15-5-7-16(8-6-15)26(20,23)24/h1-8,17H,9-12H2,(H2,19,22)(H2,20,23,24). The Balaban J connectivity index is 1.62. The molecule has 2 aromatic rings. The van der Waals surface area contributed by atoms with E-state index in [1.807, 2.05) is 29.2 Å². The van der Waals surface area contributed by atoms with Crippen LogP contribution in [-0.4, -0.2) is 38.4 Å². The van der Waals surface area contributed by atoms with Crippen molar-refractivity contribution < 1.29 is 17.9 Å². The first-order chi connectivity index (χ1) is 12.3. The molecule has 3 rings (SSSR count). The summed E-state index contributed by atoms with van der Waals surface area (Å²) >= 11 is 0. The second-order valence-electron chi connectivity index (χ2n) is 6.23. The van der Waals surface area contributed by atoms with Crippen molar-refractivity contribution in [3.05, 3.63) is 59.7 Å². The molecule has 1 unspecified atom stereocenters. The molecule has 1 aliphatic heterocycles. The van der Waals surface area contributed by atoms with E-state index < -0.39 is 10.0 Å². The van der Waals surface area contributed by atoms with E-state index in [9.17, 15) is 13.2 Å². The third-order valence-electron chi connectivity index (χ3n) is 4.47. The Morgan fingerprint density at radius 2 is 1.77 bits per heavy atom. The highest BCUT2D eigenvalue weighted by molar-refractivity contribution is 7.89. The Labute approximate surface area is 152 Å². The number of hydrogen-bond donors (Lipinski definition) is 2. The lowest BCUT2D eigenvalue weighted by atomic mass is 9.93. The molecule has 8 heteroatoms. The Morgan fingerprint density at radius 1 is 1.12 bits per heavy atom. The van der Waals surface area contributed by atoms with Crippen LogP contribution in [0.3, 0.4) is 0 Å². The Bertz CT molecular complexity index is 897. The van der Waals surface area contributed by atoms with Crippen LogP contribution in [0.1, 0.15) is 11.1 Å². The van der Waals surface area contributed by atoms with Crippen molar-refractivity contribution in [3.63, 3.8) is 0 Å². The maximum atomic E-state index is 11.8. The highest BCUT2D eigenvalue weighted by Gasteiger charge is 2.29. The predicted octanol–water partition coefficient (Wildman–Crippen LogP) is 0.625. The summed E-state index contributed by atoms with van der Waals surface area (Å²) in [4.78, 5) is 13.8. The molecule has 0 saturated heterocycles. The molecule has 1 atom stereocenters. The summed E-state index contributed by atoms with van der Waals surface area (Å²) in [5.74, 6) is 0.183. The molecule has 0 aromatic heterocycles. The summed E-state index contributed by atoms with van der Waals surface area (Å²) in [6.07, 6.45) is 0.592. The van der Waals surface area contributed by atoms with E-state index in [0.29, 0.717) is 31.9 Å². The zero-order valence-corrected chi connectivity index (χ0v) is 15.0. The Hall–Kier alpha value is -2.42. The zero-order valence-electron chi connectivity index (χ0n) is 14.2. The second kappa shape index (κ2) is 7.45. The van der Waals surface area contributed by atoms with Gasteiger partial charge in [-0.3, -0.25) is 9.69 Å². The number of carbonyl (C=O) groups is 1. The second-order valence-corrected chi connectivity index (χ2v) is 7.79. The average molecular weight is 375 g/mol. The van der Waals surface area contributed by atoms with Gasteiger partial charge in [-0.05, 0) is 41.8 Å². The smallest absolute Gasteiger partial charge is 0.238 e. The lowest BCUT2D eigenvalue weighted by Crippen LogP contribution is -2.49. The van der Waals surface area contributed by atoms with Crippen LogP contribution in [-0.2, 0) is 27.8 Å². The largest absolute Gasteiger partial charge is 0.492 e. The first-order valence-electron chi connectivity index (χ1n) is 8.20. The van der Waals surface area contributed by atoms with Crippen molar-refractivity contribution in [2.24, 2.45) is 10.9 Å². The molecular weight excluding hydrogens is 354 g/mol. The van der Waals surface area contributed by atoms with Crippen LogP contribution in [0.2, 0.25) is 0 Å². The molecule has 138 valence electrons. The molecule has 26 heavy (non-hydrogen) atoms. The minimum atomic E-state index is -3.72. The minimum Gasteiger partial charge on any atom is -0.492 e. The van der Waals surface area contributed by atoms with Gasteiger partial charge in [0.25, 0.3) is 0 Å². The van der Waals surface area contributed by atoms with Crippen LogP contribution in [0, 0.1) is 0 Å². The number of nitrogens with two attached hydrogens (primary N) is 2. The number of fused-ring (bicyclic) bond motifs is 1. The van der Waals surface area contributed by atoms with Gasteiger partial charge in [-0.25, -0.2) is 13.6 Å². The molecule has 0 aliphatic carbocycles. The lowest BCUT2D eigenvalue weighted by Gasteiger charge is -2.34. The average Bonchev–Trinajstić information content (AvgIpc) is 2.60. The number of amides is 1. The summed E-state index contributed by atoms with van der Waals surface area (Å²) in [6.45, 7) is 1.51. The Morgan fingerprint density at radius 3 is 2.38 bits per heavy atom. The van der Waals surface area contributed by atoms with Crippen molar-refractivity contribution >= 4 is 15.9 Å². The van der Waals surface area contributed by atoms with Gasteiger partial charge >= 0.3 is 0 Å². The number of rotatable bonds is 6. The number of hydrogen-bond acceptors (Lipinski definition) is 5. The van der Waals surface area contributed by atoms with Gasteiger partial charge in [0.15, 0.2) is 0 Å². The number of sulfonamides is 1. The fourth-order valence-corrected chi connectivity index (χ4v) is 3.61. The fraction of sp³-hybridized carbons (Fsp3) is 0.278. The summed E-state index contributed by atoms with van der Waals surface area (Å²) in [5, 5.41) is 5.07. The highest BCUT2D eigenvalue weighted by atomic mass is 32.2. The van der Waals surface area contributed by atoms with Crippen LogP contribution in [0.25, 0.3) is 0 Å². The quantitative estimate of drug-likeness (QED) is 0.768. The van der Waals surface area contributed by atoms with Gasteiger partial charge in [0, 0.05) is 13.1 Å². The van der Waals surface area contributed by atoms with Crippen molar-refractivity contribution in [3.8, 4) is 5.75 Å². The molecule has 0 bridgehead atoms. The molecule has 1 amide bonds. The van der Waals surface area contributed by atoms with Crippen molar-refractivity contribution in [1.82, 2.24) is 4.90 Å². The van der Waals surface area contributed by atoms with E-state index in [1.54, 1.807) is 12.1 Å². The number of benzene rings is 2. The molecule has 0 radical (unpaired) electrons. The molecule has 4 N–H and O–H groups in total. The van der Waals surface area contributed by atoms with E-state index in [2.05, 4.69) is 0 Å². The first kappa shape index (κ1) is 18.4. The van der Waals surface area contributed by atoms with E-state index in [0.717, 1.165) is 5.56 Å². The highest BCUT2D eigenvalue weighted by Crippen LogP contribution is 2.23. The summed E-state index contributed by atoms with van der Waals surface area (Å²) in [6, 6.07) is 13.5. The van der Waals surface area contributed by atoms with E-state index in [-0.39, 0.29) is 16.8 Å². The number of nitrogens with zero attached hydrogens (tertiary/aromatic N) is 1. The van der Waals surface area contributed by atoms with Gasteiger partial charge in [-0.15, -0.1) is 0 Å². The van der Waals surface area contributed by atoms with Crippen LogP contribution in [0.5, 0.6) is 5.75 Å². The van der Waals surface area contributed by atoms with Crippen LogP contribution < -0.4 is 15.6 Å².